The van der Waals surface area contributed by atoms with E-state index in [0.717, 1.165) is 0 Å². The van der Waals surface area contributed by atoms with Crippen molar-refractivity contribution in [3.63, 3.8) is 0 Å². The van der Waals surface area contributed by atoms with Crippen molar-refractivity contribution < 1.29 is 28.2 Å². The average Bonchev–Trinajstić information content (AvgIpc) is 0. The van der Waals surface area contributed by atoms with Gasteiger partial charge in [-0.3, -0.25) is 28.2 Å². The summed E-state index contributed by atoms with van der Waals surface area (Å²) in [6.45, 7) is 0. The zero-order chi connectivity index (χ0) is 0. The summed E-state index contributed by atoms with van der Waals surface area (Å²) in [5, 5.41) is 0. The molecule has 0 amide bonds. The van der Waals surface area contributed by atoms with E-state index in [1.807, 2.05) is 0 Å². The van der Waals surface area contributed by atoms with Gasteiger partial charge in [-0.25, -0.2) is 0 Å². The van der Waals surface area contributed by atoms with Gasteiger partial charge in [-0.1, -0.05) is 0 Å². The van der Waals surface area contributed by atoms with Crippen LogP contribution in [0.1, 0.15) is 0 Å². The Labute approximate surface area is 57.8 Å². The third-order valence-corrected chi connectivity index (χ3v) is 0. The molecule has 8 heteroatoms. The van der Waals surface area contributed by atoms with E-state index in [-0.39, 0.29) is 57.0 Å². The molecule has 0 saturated heterocycles. The van der Waals surface area contributed by atoms with Crippen LogP contribution in [-0.2, 0) is 0 Å². The maximum atomic E-state index is 0. The van der Waals surface area contributed by atoms with Crippen LogP contribution in [0.15, 0.2) is 0 Å². The summed E-state index contributed by atoms with van der Waals surface area (Å²) in [7, 11) is 0. The van der Waals surface area contributed by atoms with E-state index in [0.29, 0.717) is 0 Å². The third kappa shape index (κ3) is 563. The molecule has 0 N–H and O–H groups in total. The van der Waals surface area contributed by atoms with Crippen molar-refractivity contribution in [2.45, 2.75) is 0 Å². The fraction of sp³-hybridized carbons (Fsp3) is 0. The first-order valence-corrected chi connectivity index (χ1v) is 0. The zero-order valence-electron chi connectivity index (χ0n) is 2.90. The Morgan fingerprint density at radius 3 is 0.375 bits per heavy atom. The Morgan fingerprint density at radius 1 is 0.375 bits per heavy atom. The predicted octanol–water partition coefficient (Wildman–Crippen LogP) is 1.13. The number of hydrogen-bond acceptors (Lipinski definition) is 0. The summed E-state index contributed by atoms with van der Waals surface area (Å²) in [6, 6.07) is 0. The van der Waals surface area contributed by atoms with Gasteiger partial charge in [-0.2, -0.15) is 0 Å². The Morgan fingerprint density at radius 2 is 0.375 bits per heavy atom. The first kappa shape index (κ1) is 1350. The Bertz CT molecular complexity index is 8.49. The molecular weight excluding hydrogens is 152 g/mol. The van der Waals surface area contributed by atoms with Gasteiger partial charge in [0.05, 0.1) is 0 Å². The normalized spacial score (nSPS) is 0. The Balaban J connectivity index is 0. The molecule has 3 radical (unpaired) electrons. The number of halogens is 6. The van der Waals surface area contributed by atoms with Gasteiger partial charge in [0, 0.05) is 9.90 Å². The summed E-state index contributed by atoms with van der Waals surface area (Å²) in [4.78, 5) is 0. The van der Waals surface area contributed by atoms with Gasteiger partial charge in [0.1, 0.15) is 0 Å². The molecule has 0 aliphatic rings. The molecule has 0 spiro atoms. The Hall–Kier alpha value is 0.607. The molecule has 0 unspecified atom stereocenters. The average molecular weight is 159 g/mol. The van der Waals surface area contributed by atoms with Crippen molar-refractivity contribution in [2.24, 2.45) is 0 Å². The summed E-state index contributed by atoms with van der Waals surface area (Å²) in [5.74, 6) is 0. The molecule has 0 aromatic heterocycles. The summed E-state index contributed by atoms with van der Waals surface area (Å²) in [6.07, 6.45) is 0. The van der Waals surface area contributed by atoms with E-state index >= 15 is 0 Å². The minimum Gasteiger partial charge on any atom is 0 e. The molecule has 0 aliphatic carbocycles. The quantitative estimate of drug-likeness (QED) is 0.282. The van der Waals surface area contributed by atoms with E-state index in [2.05, 4.69) is 0 Å². The van der Waals surface area contributed by atoms with Crippen molar-refractivity contribution in [3.05, 3.63) is 0 Å². The van der Waals surface area contributed by atoms with Crippen molar-refractivity contribution in [2.75, 3.05) is 0 Å². The monoisotopic (exact) mass is 159 g/mol. The van der Waals surface area contributed by atoms with E-state index in [1.165, 1.54) is 0 Å². The second kappa shape index (κ2) is 900. The van der Waals surface area contributed by atoms with Crippen molar-refractivity contribution in [1.29, 1.82) is 0 Å². The molecule has 0 aromatic rings. The first-order valence-electron chi connectivity index (χ1n) is 0. The van der Waals surface area contributed by atoms with Gasteiger partial charge in [-0.05, 0) is 0 Å². The van der Waals surface area contributed by atoms with Crippen molar-refractivity contribution in [1.82, 2.24) is 0 Å². The van der Waals surface area contributed by atoms with Gasteiger partial charge in [0.15, 0.2) is 0 Å². The molecule has 0 rings (SSSR count). The van der Waals surface area contributed by atoms with Crippen LogP contribution in [0.25, 0.3) is 0 Å². The summed E-state index contributed by atoms with van der Waals surface area (Å²) in [5.41, 5.74) is 0. The topological polar surface area (TPSA) is 0 Å². The van der Waals surface area contributed by atoms with Crippen LogP contribution in [0.3, 0.4) is 0 Å². The summed E-state index contributed by atoms with van der Waals surface area (Å²) >= 11 is 0. The maximum Gasteiger partial charge on any atom is 0 e. The minimum absolute atomic E-state index is 0. The molecule has 0 fully saturated rings. The zero-order valence-corrected chi connectivity index (χ0v) is 3.79. The maximum absolute atomic E-state index is 0. The largest absolute Gasteiger partial charge is 0 e. The van der Waals surface area contributed by atoms with Crippen molar-refractivity contribution >= 4 is 28.8 Å². The first-order chi connectivity index (χ1) is 0. The SMILES string of the molecule is F.F.F.F.F.F.[LiH].[P]. The van der Waals surface area contributed by atoms with Crippen LogP contribution in [0.4, 0.5) is 28.2 Å². The number of rotatable bonds is 0. The fourth-order valence-corrected chi connectivity index (χ4v) is 0. The molecule has 55 valence electrons. The molecule has 0 aromatic carbocycles. The predicted molar refractivity (Wildman–Crippen MR) is 29.1 cm³/mol. The number of hydrogen-bond donors (Lipinski definition) is 0. The van der Waals surface area contributed by atoms with Gasteiger partial charge in [0.25, 0.3) is 0 Å². The van der Waals surface area contributed by atoms with Crippen LogP contribution in [0.2, 0.25) is 0 Å². The van der Waals surface area contributed by atoms with E-state index < -0.39 is 0 Å². The van der Waals surface area contributed by atoms with Crippen molar-refractivity contribution in [3.8, 4) is 0 Å². The van der Waals surface area contributed by atoms with Crippen LogP contribution >= 0.6 is 9.90 Å². The Kier molecular flexibility index (Phi) is 152000. The molecule has 0 saturated carbocycles. The van der Waals surface area contributed by atoms with Crippen LogP contribution in [0.5, 0.6) is 0 Å². The molecule has 0 bridgehead atoms. The second-order valence-electron chi connectivity index (χ2n) is 0. The van der Waals surface area contributed by atoms with Gasteiger partial charge < -0.3 is 0 Å². The smallest absolute Gasteiger partial charge is 0 e. The van der Waals surface area contributed by atoms with E-state index in [9.17, 15) is 0 Å². The third-order valence-electron chi connectivity index (χ3n) is 0. The molecule has 0 nitrogen and oxygen atoms in total. The van der Waals surface area contributed by atoms with E-state index in [4.69, 9.17) is 0 Å². The van der Waals surface area contributed by atoms with Crippen LogP contribution in [-0.4, -0.2) is 18.9 Å². The summed E-state index contributed by atoms with van der Waals surface area (Å²) < 4.78 is 0. The molecule has 0 heterocycles. The molecule has 8 heavy (non-hydrogen) atoms. The molecule has 0 atom stereocenters. The van der Waals surface area contributed by atoms with E-state index in [1.54, 1.807) is 0 Å². The van der Waals surface area contributed by atoms with Crippen LogP contribution < -0.4 is 0 Å². The molecule has 0 aliphatic heterocycles. The fourth-order valence-electron chi connectivity index (χ4n) is 0. The van der Waals surface area contributed by atoms with Gasteiger partial charge >= 0.3 is 18.9 Å². The van der Waals surface area contributed by atoms with Gasteiger partial charge in [0.2, 0.25) is 0 Å². The molecular formula is H7F6LiP. The second-order valence-corrected chi connectivity index (χ2v) is 0. The standard InChI is InChI=1S/6FH.Li.P.H/h6*1H;;;. The van der Waals surface area contributed by atoms with Gasteiger partial charge in [-0.15, -0.1) is 0 Å². The minimum atomic E-state index is 0. The van der Waals surface area contributed by atoms with Crippen LogP contribution in [0, 0.1) is 0 Å².